The lowest BCUT2D eigenvalue weighted by molar-refractivity contribution is 0.00903. The Hall–Kier alpha value is -0.580. The highest BCUT2D eigenvalue weighted by molar-refractivity contribution is 9.10. The van der Waals surface area contributed by atoms with Crippen LogP contribution < -0.4 is 10.1 Å². The molecule has 1 aliphatic rings. The molecule has 1 aromatic rings. The van der Waals surface area contributed by atoms with Gasteiger partial charge in [0.2, 0.25) is 0 Å². The summed E-state index contributed by atoms with van der Waals surface area (Å²) in [7, 11) is 0. The Morgan fingerprint density at radius 3 is 2.85 bits per heavy atom. The van der Waals surface area contributed by atoms with E-state index < -0.39 is 0 Å². The van der Waals surface area contributed by atoms with Crippen LogP contribution in [0.2, 0.25) is 0 Å². The van der Waals surface area contributed by atoms with Gasteiger partial charge in [0.05, 0.1) is 6.61 Å². The summed E-state index contributed by atoms with van der Waals surface area (Å²) < 4.78 is 12.5. The molecule has 0 heterocycles. The Labute approximate surface area is 130 Å². The minimum absolute atomic E-state index is 0.347. The molecule has 0 saturated heterocycles. The lowest BCUT2D eigenvalue weighted by atomic mass is 10.1. The molecular weight excluding hydrogens is 318 g/mol. The van der Waals surface area contributed by atoms with Crippen LogP contribution in [0.25, 0.3) is 0 Å². The fourth-order valence-corrected chi connectivity index (χ4v) is 2.76. The molecule has 0 bridgehead atoms. The maximum atomic E-state index is 5.85. The van der Waals surface area contributed by atoms with Crippen LogP contribution in [0.4, 0.5) is 0 Å². The summed E-state index contributed by atoms with van der Waals surface area (Å²) >= 11 is 3.55. The van der Waals surface area contributed by atoms with E-state index in [9.17, 15) is 0 Å². The predicted molar refractivity (Wildman–Crippen MR) is 85.0 cm³/mol. The summed E-state index contributed by atoms with van der Waals surface area (Å²) in [6.45, 7) is 7.26. The average Bonchev–Trinajstić information content (AvgIpc) is 3.21. The van der Waals surface area contributed by atoms with E-state index in [1.54, 1.807) is 0 Å². The van der Waals surface area contributed by atoms with Crippen LogP contribution in [0.1, 0.15) is 37.3 Å². The molecule has 1 fully saturated rings. The van der Waals surface area contributed by atoms with Crippen LogP contribution in [0.15, 0.2) is 16.6 Å². The second-order valence-electron chi connectivity index (χ2n) is 5.46. The van der Waals surface area contributed by atoms with Crippen molar-refractivity contribution in [2.75, 3.05) is 19.9 Å². The van der Waals surface area contributed by atoms with Gasteiger partial charge in [-0.05, 0) is 56.3 Å². The second-order valence-corrected chi connectivity index (χ2v) is 6.38. The summed E-state index contributed by atoms with van der Waals surface area (Å²) in [6.07, 6.45) is 3.75. The Morgan fingerprint density at radius 2 is 2.15 bits per heavy atom. The Bertz CT molecular complexity index is 433. The third-order valence-electron chi connectivity index (χ3n) is 3.40. The van der Waals surface area contributed by atoms with Crippen molar-refractivity contribution in [3.8, 4) is 5.75 Å². The van der Waals surface area contributed by atoms with Gasteiger partial charge < -0.3 is 14.8 Å². The van der Waals surface area contributed by atoms with Crippen molar-refractivity contribution in [2.45, 2.75) is 39.7 Å². The second kappa shape index (κ2) is 8.01. The maximum Gasteiger partial charge on any atom is 0.189 e. The van der Waals surface area contributed by atoms with Crippen LogP contribution in [0, 0.1) is 12.8 Å². The highest BCUT2D eigenvalue weighted by Crippen LogP contribution is 2.30. The molecule has 0 aliphatic heterocycles. The van der Waals surface area contributed by atoms with Gasteiger partial charge in [0, 0.05) is 16.6 Å². The van der Waals surface area contributed by atoms with E-state index in [4.69, 9.17) is 9.47 Å². The minimum Gasteiger partial charge on any atom is -0.467 e. The smallest absolute Gasteiger partial charge is 0.189 e. The van der Waals surface area contributed by atoms with Crippen molar-refractivity contribution in [3.63, 3.8) is 0 Å². The minimum atomic E-state index is 0.347. The quantitative estimate of drug-likeness (QED) is 0.543. The topological polar surface area (TPSA) is 30.5 Å². The van der Waals surface area contributed by atoms with E-state index in [0.717, 1.165) is 47.8 Å². The molecule has 1 aromatic carbocycles. The lowest BCUT2D eigenvalue weighted by Gasteiger charge is -2.15. The first kappa shape index (κ1) is 15.8. The SMILES string of the molecule is CCCNCc1cc(Br)cc(C)c1OCOCC1CC1. The van der Waals surface area contributed by atoms with Gasteiger partial charge in [-0.15, -0.1) is 0 Å². The van der Waals surface area contributed by atoms with Crippen molar-refractivity contribution in [1.29, 1.82) is 0 Å². The molecule has 112 valence electrons. The zero-order chi connectivity index (χ0) is 14.4. The van der Waals surface area contributed by atoms with Crippen LogP contribution in [0.3, 0.4) is 0 Å². The van der Waals surface area contributed by atoms with Gasteiger partial charge in [-0.2, -0.15) is 0 Å². The van der Waals surface area contributed by atoms with Crippen LogP contribution >= 0.6 is 15.9 Å². The Kier molecular flexibility index (Phi) is 6.33. The fourth-order valence-electron chi connectivity index (χ4n) is 2.14. The molecule has 3 nitrogen and oxygen atoms in total. The highest BCUT2D eigenvalue weighted by Gasteiger charge is 2.21. The molecule has 4 heteroatoms. The zero-order valence-electron chi connectivity index (χ0n) is 12.4. The van der Waals surface area contributed by atoms with Gasteiger partial charge in [0.25, 0.3) is 0 Å². The van der Waals surface area contributed by atoms with Gasteiger partial charge in [-0.1, -0.05) is 22.9 Å². The van der Waals surface area contributed by atoms with Gasteiger partial charge in [-0.25, -0.2) is 0 Å². The zero-order valence-corrected chi connectivity index (χ0v) is 14.0. The normalized spacial score (nSPS) is 14.6. The lowest BCUT2D eigenvalue weighted by Crippen LogP contribution is -2.16. The van der Waals surface area contributed by atoms with Crippen molar-refractivity contribution in [2.24, 2.45) is 5.92 Å². The number of benzene rings is 1. The van der Waals surface area contributed by atoms with Crippen molar-refractivity contribution >= 4 is 15.9 Å². The van der Waals surface area contributed by atoms with E-state index in [1.165, 1.54) is 18.4 Å². The molecule has 2 rings (SSSR count). The monoisotopic (exact) mass is 341 g/mol. The van der Waals surface area contributed by atoms with E-state index in [-0.39, 0.29) is 0 Å². The summed E-state index contributed by atoms with van der Waals surface area (Å²) in [5.74, 6) is 1.72. The summed E-state index contributed by atoms with van der Waals surface area (Å²) in [5.41, 5.74) is 2.32. The Balaban J connectivity index is 1.92. The summed E-state index contributed by atoms with van der Waals surface area (Å²) in [5, 5.41) is 3.42. The van der Waals surface area contributed by atoms with E-state index >= 15 is 0 Å². The molecule has 1 saturated carbocycles. The summed E-state index contributed by atoms with van der Waals surface area (Å²) in [4.78, 5) is 0. The molecule has 0 radical (unpaired) electrons. The molecule has 0 aromatic heterocycles. The van der Waals surface area contributed by atoms with E-state index in [2.05, 4.69) is 47.2 Å². The van der Waals surface area contributed by atoms with Crippen molar-refractivity contribution in [3.05, 3.63) is 27.7 Å². The number of halogens is 1. The van der Waals surface area contributed by atoms with E-state index in [0.29, 0.717) is 6.79 Å². The molecule has 0 unspecified atom stereocenters. The molecule has 0 atom stereocenters. The summed E-state index contributed by atoms with van der Waals surface area (Å²) in [6, 6.07) is 4.20. The molecule has 1 N–H and O–H groups in total. The number of ether oxygens (including phenoxy) is 2. The molecular formula is C16H24BrNO2. The van der Waals surface area contributed by atoms with E-state index in [1.807, 2.05) is 0 Å². The highest BCUT2D eigenvalue weighted by atomic mass is 79.9. The molecule has 20 heavy (non-hydrogen) atoms. The van der Waals surface area contributed by atoms with Gasteiger partial charge >= 0.3 is 0 Å². The maximum absolute atomic E-state index is 5.85. The largest absolute Gasteiger partial charge is 0.467 e. The third-order valence-corrected chi connectivity index (χ3v) is 3.85. The first-order chi connectivity index (χ1) is 9.70. The van der Waals surface area contributed by atoms with Gasteiger partial charge in [0.1, 0.15) is 5.75 Å². The van der Waals surface area contributed by atoms with Gasteiger partial charge in [0.15, 0.2) is 6.79 Å². The molecule has 0 spiro atoms. The first-order valence-electron chi connectivity index (χ1n) is 7.41. The Morgan fingerprint density at radius 1 is 1.35 bits per heavy atom. The standard InChI is InChI=1S/C16H24BrNO2/c1-3-6-18-9-14-8-15(17)7-12(2)16(14)20-11-19-10-13-4-5-13/h7-8,13,18H,3-6,9-11H2,1-2H3. The number of aryl methyl sites for hydroxylation is 1. The van der Waals surface area contributed by atoms with Crippen molar-refractivity contribution in [1.82, 2.24) is 5.32 Å². The van der Waals surface area contributed by atoms with Crippen LogP contribution in [-0.4, -0.2) is 19.9 Å². The molecule has 0 amide bonds. The first-order valence-corrected chi connectivity index (χ1v) is 8.20. The van der Waals surface area contributed by atoms with Crippen LogP contribution in [0.5, 0.6) is 5.75 Å². The predicted octanol–water partition coefficient (Wildman–Crippen LogP) is 4.02. The number of nitrogens with one attached hydrogen (secondary N) is 1. The van der Waals surface area contributed by atoms with Gasteiger partial charge in [-0.3, -0.25) is 0 Å². The number of hydrogen-bond acceptors (Lipinski definition) is 3. The van der Waals surface area contributed by atoms with Crippen LogP contribution in [-0.2, 0) is 11.3 Å². The number of hydrogen-bond donors (Lipinski definition) is 1. The number of rotatable bonds is 9. The van der Waals surface area contributed by atoms with Crippen molar-refractivity contribution < 1.29 is 9.47 Å². The average molecular weight is 342 g/mol. The fraction of sp³-hybridized carbons (Fsp3) is 0.625. The third kappa shape index (κ3) is 5.08. The molecule has 1 aliphatic carbocycles.